The molecule has 1 atom stereocenters. The quantitative estimate of drug-likeness (QED) is 0.273. The second-order valence-corrected chi connectivity index (χ2v) is 2.26. The van der Waals surface area contributed by atoms with Crippen LogP contribution in [-0.2, 0) is 0 Å². The molecule has 3 N–H and O–H groups in total. The third kappa shape index (κ3) is 3.26. The zero-order valence-corrected chi connectivity index (χ0v) is 6.10. The second kappa shape index (κ2) is 3.61. The molecule has 0 spiro atoms. The minimum Gasteiger partial charge on any atom is -0.381 e. The van der Waals surface area contributed by atoms with Gasteiger partial charge in [0.15, 0.2) is 11.9 Å². The molecule has 0 aromatic carbocycles. The Morgan fingerprint density at radius 2 is 2.09 bits per heavy atom. The lowest BCUT2D eigenvalue weighted by molar-refractivity contribution is -0.500. The van der Waals surface area contributed by atoms with E-state index in [2.05, 4.69) is 0 Å². The van der Waals surface area contributed by atoms with E-state index in [9.17, 15) is 10.1 Å². The molecule has 11 heavy (non-hydrogen) atoms. The summed E-state index contributed by atoms with van der Waals surface area (Å²) in [5, 5.41) is 36.3. The molecule has 1 unspecified atom stereocenters. The van der Waals surface area contributed by atoms with Gasteiger partial charge in [0.2, 0.25) is 6.54 Å². The molecule has 0 aliphatic heterocycles. The molecule has 6 heteroatoms. The zero-order valence-electron chi connectivity index (χ0n) is 6.10. The first kappa shape index (κ1) is 10.3. The molecule has 0 radical (unpaired) electrons. The van der Waals surface area contributed by atoms with Crippen molar-refractivity contribution in [3.63, 3.8) is 0 Å². The first-order valence-electron chi connectivity index (χ1n) is 3.14. The maximum absolute atomic E-state index is 9.80. The van der Waals surface area contributed by atoms with Crippen LogP contribution in [0.4, 0.5) is 0 Å². The van der Waals surface area contributed by atoms with Gasteiger partial charge in [-0.25, -0.2) is 0 Å². The lowest BCUT2D eigenvalue weighted by Gasteiger charge is -2.22. The van der Waals surface area contributed by atoms with Gasteiger partial charge in [0.25, 0.3) is 0 Å². The molecule has 0 aliphatic carbocycles. The molecule has 0 aromatic rings. The lowest BCUT2D eigenvalue weighted by Crippen LogP contribution is -2.45. The number of aliphatic hydroxyl groups excluding tert-OH is 1. The second-order valence-electron chi connectivity index (χ2n) is 2.26. The molecule has 0 amide bonds. The zero-order chi connectivity index (χ0) is 9.07. The van der Waals surface area contributed by atoms with E-state index in [1.165, 1.54) is 6.92 Å². The molecule has 0 bridgehead atoms. The van der Waals surface area contributed by atoms with Crippen molar-refractivity contribution in [2.45, 2.75) is 25.2 Å². The van der Waals surface area contributed by atoms with Crippen molar-refractivity contribution in [1.82, 2.24) is 0 Å². The Hall–Kier alpha value is -0.720. The van der Waals surface area contributed by atoms with E-state index in [0.29, 0.717) is 0 Å². The minimum atomic E-state index is -2.35. The van der Waals surface area contributed by atoms with Crippen molar-refractivity contribution < 1.29 is 20.2 Å². The van der Waals surface area contributed by atoms with E-state index < -0.39 is 23.4 Å². The van der Waals surface area contributed by atoms with Gasteiger partial charge in [-0.15, -0.1) is 0 Å². The van der Waals surface area contributed by atoms with E-state index >= 15 is 0 Å². The van der Waals surface area contributed by atoms with Crippen molar-refractivity contribution in [2.24, 2.45) is 0 Å². The van der Waals surface area contributed by atoms with Crippen molar-refractivity contribution in [2.75, 3.05) is 6.54 Å². The predicted octanol–water partition coefficient (Wildman–Crippen LogP) is -1.29. The molecular weight excluding hydrogens is 154 g/mol. The first-order valence-corrected chi connectivity index (χ1v) is 3.14. The highest BCUT2D eigenvalue weighted by Crippen LogP contribution is 2.10. The van der Waals surface area contributed by atoms with Gasteiger partial charge in [-0.05, 0) is 0 Å². The van der Waals surface area contributed by atoms with Crippen LogP contribution in [0.5, 0.6) is 0 Å². The number of nitrogens with zero attached hydrogens (tertiary/aromatic N) is 1. The van der Waals surface area contributed by atoms with E-state index in [1.807, 2.05) is 0 Å². The van der Waals surface area contributed by atoms with E-state index in [4.69, 9.17) is 15.3 Å². The van der Waals surface area contributed by atoms with Gasteiger partial charge in [0, 0.05) is 11.3 Å². The highest BCUT2D eigenvalue weighted by Gasteiger charge is 2.34. The Morgan fingerprint density at radius 3 is 2.36 bits per heavy atom. The SMILES string of the molecule is CCC(O)(O)C(O)C[N+](=O)[O-]. The van der Waals surface area contributed by atoms with Crippen molar-refractivity contribution in [3.8, 4) is 0 Å². The Balaban J connectivity index is 4.01. The molecule has 0 fully saturated rings. The van der Waals surface area contributed by atoms with Crippen LogP contribution < -0.4 is 0 Å². The monoisotopic (exact) mass is 165 g/mol. The van der Waals surface area contributed by atoms with Gasteiger partial charge in [0.1, 0.15) is 0 Å². The van der Waals surface area contributed by atoms with Crippen LogP contribution in [0, 0.1) is 10.1 Å². The lowest BCUT2D eigenvalue weighted by atomic mass is 10.1. The normalized spacial score (nSPS) is 14.5. The predicted molar refractivity (Wildman–Crippen MR) is 35.3 cm³/mol. The summed E-state index contributed by atoms with van der Waals surface area (Å²) in [5.74, 6) is -2.35. The highest BCUT2D eigenvalue weighted by atomic mass is 16.6. The van der Waals surface area contributed by atoms with Crippen molar-refractivity contribution in [1.29, 1.82) is 0 Å². The average molecular weight is 165 g/mol. The van der Waals surface area contributed by atoms with Crippen LogP contribution in [0.1, 0.15) is 13.3 Å². The fourth-order valence-electron chi connectivity index (χ4n) is 0.523. The van der Waals surface area contributed by atoms with Crippen molar-refractivity contribution >= 4 is 0 Å². The minimum absolute atomic E-state index is 0.151. The van der Waals surface area contributed by atoms with Crippen LogP contribution in [0.15, 0.2) is 0 Å². The molecular formula is C5H11NO5. The first-order chi connectivity index (χ1) is 4.90. The molecule has 0 saturated heterocycles. The van der Waals surface area contributed by atoms with Crippen LogP contribution in [0.2, 0.25) is 0 Å². The van der Waals surface area contributed by atoms with Gasteiger partial charge in [0.05, 0.1) is 0 Å². The Bertz CT molecular complexity index is 146. The number of hydrogen-bond donors (Lipinski definition) is 3. The van der Waals surface area contributed by atoms with E-state index in [0.717, 1.165) is 0 Å². The Kier molecular flexibility index (Phi) is 3.37. The largest absolute Gasteiger partial charge is 0.381 e. The summed E-state index contributed by atoms with van der Waals surface area (Å²) < 4.78 is 0. The molecule has 6 nitrogen and oxygen atoms in total. The maximum atomic E-state index is 9.80. The topological polar surface area (TPSA) is 104 Å². The van der Waals surface area contributed by atoms with E-state index in [-0.39, 0.29) is 6.42 Å². The van der Waals surface area contributed by atoms with Crippen LogP contribution in [0.3, 0.4) is 0 Å². The van der Waals surface area contributed by atoms with Gasteiger partial charge >= 0.3 is 0 Å². The summed E-state index contributed by atoms with van der Waals surface area (Å²) in [5.41, 5.74) is 0. The number of rotatable bonds is 4. The van der Waals surface area contributed by atoms with Gasteiger partial charge in [-0.3, -0.25) is 10.1 Å². The third-order valence-corrected chi connectivity index (χ3v) is 1.38. The maximum Gasteiger partial charge on any atom is 0.234 e. The molecule has 0 aliphatic rings. The number of nitro groups is 1. The van der Waals surface area contributed by atoms with Crippen LogP contribution in [0.25, 0.3) is 0 Å². The summed E-state index contributed by atoms with van der Waals surface area (Å²) >= 11 is 0. The summed E-state index contributed by atoms with van der Waals surface area (Å²) in [6.07, 6.45) is -1.88. The van der Waals surface area contributed by atoms with Gasteiger partial charge in [-0.1, -0.05) is 6.92 Å². The highest BCUT2D eigenvalue weighted by molar-refractivity contribution is 4.71. The number of aliphatic hydroxyl groups is 3. The fraction of sp³-hybridized carbons (Fsp3) is 1.00. The summed E-state index contributed by atoms with van der Waals surface area (Å²) in [6, 6.07) is 0. The van der Waals surface area contributed by atoms with Gasteiger partial charge < -0.3 is 15.3 Å². The average Bonchev–Trinajstić information content (AvgIpc) is 1.86. The van der Waals surface area contributed by atoms with Crippen molar-refractivity contribution in [3.05, 3.63) is 10.1 Å². The number of hydrogen-bond acceptors (Lipinski definition) is 5. The molecule has 0 heterocycles. The molecule has 0 aromatic heterocycles. The molecule has 0 saturated carbocycles. The standard InChI is InChI=1S/C5H11NO5/c1-2-5(8,9)4(7)3-6(10)11/h4,7-9H,2-3H2,1H3. The summed E-state index contributed by atoms with van der Waals surface area (Å²) in [4.78, 5) is 8.99. The Morgan fingerprint density at radius 1 is 1.64 bits per heavy atom. The van der Waals surface area contributed by atoms with E-state index in [1.54, 1.807) is 0 Å². The summed E-state index contributed by atoms with van der Waals surface area (Å²) in [7, 11) is 0. The fourth-order valence-corrected chi connectivity index (χ4v) is 0.523. The van der Waals surface area contributed by atoms with Crippen LogP contribution in [-0.4, -0.2) is 38.7 Å². The smallest absolute Gasteiger partial charge is 0.234 e. The van der Waals surface area contributed by atoms with Crippen LogP contribution >= 0.6 is 0 Å². The summed E-state index contributed by atoms with van der Waals surface area (Å²) in [6.45, 7) is 0.546. The Labute approximate surface area is 63.2 Å². The third-order valence-electron chi connectivity index (χ3n) is 1.38. The molecule has 0 rings (SSSR count). The molecule has 66 valence electrons. The van der Waals surface area contributed by atoms with Gasteiger partial charge in [-0.2, -0.15) is 0 Å².